The van der Waals surface area contributed by atoms with Crippen LogP contribution < -0.4 is 5.32 Å². The third-order valence-electron chi connectivity index (χ3n) is 5.58. The molecule has 0 aromatic carbocycles. The normalized spacial score (nSPS) is 32.1. The van der Waals surface area contributed by atoms with Crippen molar-refractivity contribution >= 4 is 5.91 Å². The van der Waals surface area contributed by atoms with Crippen LogP contribution in [0, 0.1) is 11.3 Å². The van der Waals surface area contributed by atoms with E-state index in [4.69, 9.17) is 4.74 Å². The average molecular weight is 347 g/mol. The van der Waals surface area contributed by atoms with Crippen molar-refractivity contribution < 1.29 is 14.6 Å². The molecule has 2 unspecified atom stereocenters. The quantitative estimate of drug-likeness (QED) is 0.809. The Balaban J connectivity index is 1.47. The van der Waals surface area contributed by atoms with E-state index in [0.717, 1.165) is 24.9 Å². The monoisotopic (exact) mass is 347 g/mol. The van der Waals surface area contributed by atoms with Crippen LogP contribution in [-0.2, 0) is 16.1 Å². The van der Waals surface area contributed by atoms with E-state index in [2.05, 4.69) is 36.1 Å². The molecular formula is C19H29N3O3. The summed E-state index contributed by atoms with van der Waals surface area (Å²) in [5.41, 5.74) is 1.07. The van der Waals surface area contributed by atoms with Crippen molar-refractivity contribution in [3.8, 4) is 0 Å². The average Bonchev–Trinajstić information content (AvgIpc) is 2.85. The van der Waals surface area contributed by atoms with Gasteiger partial charge in [0.1, 0.15) is 6.61 Å². The maximum Gasteiger partial charge on any atom is 0.246 e. The van der Waals surface area contributed by atoms with Gasteiger partial charge in [-0.3, -0.25) is 9.78 Å². The van der Waals surface area contributed by atoms with E-state index in [1.807, 2.05) is 12.1 Å². The number of nitrogens with one attached hydrogen (secondary N) is 1. The fraction of sp³-hybridized carbons (Fsp3) is 0.684. The van der Waals surface area contributed by atoms with Gasteiger partial charge < -0.3 is 20.1 Å². The zero-order valence-corrected chi connectivity index (χ0v) is 15.3. The van der Waals surface area contributed by atoms with Gasteiger partial charge in [-0.05, 0) is 37.4 Å². The van der Waals surface area contributed by atoms with E-state index in [0.29, 0.717) is 18.6 Å². The number of amides is 1. The first-order valence-electron chi connectivity index (χ1n) is 9.05. The summed E-state index contributed by atoms with van der Waals surface area (Å²) in [6, 6.07) is 4.05. The third kappa shape index (κ3) is 3.86. The number of hydrogen-bond acceptors (Lipinski definition) is 5. The Labute approximate surface area is 149 Å². The lowest BCUT2D eigenvalue weighted by Crippen LogP contribution is -2.64. The highest BCUT2D eigenvalue weighted by Crippen LogP contribution is 2.52. The molecule has 6 heteroatoms. The molecule has 0 radical (unpaired) electrons. The van der Waals surface area contributed by atoms with Crippen LogP contribution in [0.3, 0.4) is 0 Å². The predicted molar refractivity (Wildman–Crippen MR) is 94.8 cm³/mol. The Morgan fingerprint density at radius 3 is 2.96 bits per heavy atom. The van der Waals surface area contributed by atoms with Gasteiger partial charge in [0.05, 0.1) is 18.8 Å². The zero-order chi connectivity index (χ0) is 18.0. The topological polar surface area (TPSA) is 74.7 Å². The highest BCUT2D eigenvalue weighted by molar-refractivity contribution is 5.77. The molecule has 25 heavy (non-hydrogen) atoms. The van der Waals surface area contributed by atoms with Crippen LogP contribution in [0.1, 0.15) is 32.3 Å². The van der Waals surface area contributed by atoms with Gasteiger partial charge in [0.25, 0.3) is 0 Å². The number of likely N-dealkylation sites (tertiary alicyclic amines) is 1. The van der Waals surface area contributed by atoms with Crippen molar-refractivity contribution in [3.05, 3.63) is 30.1 Å². The number of ether oxygens (including phenoxy) is 1. The summed E-state index contributed by atoms with van der Waals surface area (Å²) < 4.78 is 5.45. The van der Waals surface area contributed by atoms with Crippen LogP contribution >= 0.6 is 0 Å². The lowest BCUT2D eigenvalue weighted by molar-refractivity contribution is -0.127. The molecule has 1 aromatic rings. The minimum Gasteiger partial charge on any atom is -0.391 e. The highest BCUT2D eigenvalue weighted by Gasteiger charge is 2.58. The highest BCUT2D eigenvalue weighted by atomic mass is 16.5. The molecule has 2 fully saturated rings. The lowest BCUT2D eigenvalue weighted by Gasteiger charge is -2.57. The molecule has 1 spiro atoms. The minimum absolute atomic E-state index is 0.00136. The molecular weight excluding hydrogens is 318 g/mol. The summed E-state index contributed by atoms with van der Waals surface area (Å²) in [6.45, 7) is 5.81. The van der Waals surface area contributed by atoms with E-state index in [-0.39, 0.29) is 24.0 Å². The number of rotatable bonds is 6. The number of carbonyl (C=O) groups excluding carboxylic acids is 1. The largest absolute Gasteiger partial charge is 0.391 e. The third-order valence-corrected chi connectivity index (χ3v) is 5.58. The first-order valence-corrected chi connectivity index (χ1v) is 9.05. The first kappa shape index (κ1) is 18.3. The molecule has 2 aliphatic rings. The van der Waals surface area contributed by atoms with E-state index in [9.17, 15) is 9.90 Å². The summed E-state index contributed by atoms with van der Waals surface area (Å²) in [7, 11) is 2.14. The molecule has 138 valence electrons. The van der Waals surface area contributed by atoms with Gasteiger partial charge in [-0.15, -0.1) is 0 Å². The molecule has 0 bridgehead atoms. The summed E-state index contributed by atoms with van der Waals surface area (Å²) in [5, 5.41) is 13.4. The molecule has 1 amide bonds. The Morgan fingerprint density at radius 2 is 2.32 bits per heavy atom. The summed E-state index contributed by atoms with van der Waals surface area (Å²) in [4.78, 5) is 18.5. The Kier molecular flexibility index (Phi) is 5.41. The number of pyridine rings is 1. The summed E-state index contributed by atoms with van der Waals surface area (Å²) >= 11 is 0. The number of aliphatic hydroxyl groups excluding tert-OH is 1. The standard InChI is InChI=1S/C19H29N3O3/c1-13(2)18-19(12-22(18)3)7-15(16(23)8-19)21-17(24)11-25-10-14-5-4-6-20-9-14/h4-6,9,13,15-16,18,23H,7-8,10-12H2,1-3H3,(H,21,24)/t15-,16-,18?,19?/m1/s1. The maximum atomic E-state index is 12.2. The Morgan fingerprint density at radius 1 is 1.52 bits per heavy atom. The van der Waals surface area contributed by atoms with Crippen molar-refractivity contribution in [1.82, 2.24) is 15.2 Å². The predicted octanol–water partition coefficient (Wildman–Crippen LogP) is 1.19. The molecule has 2 heterocycles. The molecule has 2 N–H and O–H groups in total. The van der Waals surface area contributed by atoms with Crippen molar-refractivity contribution in [1.29, 1.82) is 0 Å². The molecule has 4 atom stereocenters. The van der Waals surface area contributed by atoms with Crippen LogP contribution in [-0.4, -0.2) is 59.3 Å². The van der Waals surface area contributed by atoms with Gasteiger partial charge in [0.2, 0.25) is 5.91 Å². The van der Waals surface area contributed by atoms with E-state index in [1.165, 1.54) is 0 Å². The molecule has 1 saturated heterocycles. The second-order valence-electron chi connectivity index (χ2n) is 7.97. The second-order valence-corrected chi connectivity index (χ2v) is 7.97. The van der Waals surface area contributed by atoms with E-state index >= 15 is 0 Å². The van der Waals surface area contributed by atoms with Crippen molar-refractivity contribution in [2.75, 3.05) is 20.2 Å². The lowest BCUT2D eigenvalue weighted by atomic mass is 9.66. The summed E-state index contributed by atoms with van der Waals surface area (Å²) in [6.07, 6.45) is 4.56. The van der Waals surface area contributed by atoms with Gasteiger partial charge in [-0.1, -0.05) is 19.9 Å². The second kappa shape index (κ2) is 7.40. The first-order chi connectivity index (χ1) is 11.9. The zero-order valence-electron chi connectivity index (χ0n) is 15.3. The van der Waals surface area contributed by atoms with Gasteiger partial charge >= 0.3 is 0 Å². The molecule has 1 saturated carbocycles. The van der Waals surface area contributed by atoms with Crippen LogP contribution in [0.15, 0.2) is 24.5 Å². The van der Waals surface area contributed by atoms with Crippen LogP contribution in [0.25, 0.3) is 0 Å². The molecule has 1 aliphatic heterocycles. The Hall–Kier alpha value is -1.50. The number of carbonyl (C=O) groups is 1. The smallest absolute Gasteiger partial charge is 0.246 e. The van der Waals surface area contributed by atoms with Crippen LogP contribution in [0.2, 0.25) is 0 Å². The van der Waals surface area contributed by atoms with Gasteiger partial charge in [0.15, 0.2) is 0 Å². The number of nitrogens with zero attached hydrogens (tertiary/aromatic N) is 2. The molecule has 6 nitrogen and oxygen atoms in total. The fourth-order valence-corrected chi connectivity index (χ4v) is 4.99. The van der Waals surface area contributed by atoms with Crippen LogP contribution in [0.5, 0.6) is 0 Å². The van der Waals surface area contributed by atoms with E-state index in [1.54, 1.807) is 12.4 Å². The number of aliphatic hydroxyl groups is 1. The van der Waals surface area contributed by atoms with Crippen molar-refractivity contribution in [2.24, 2.45) is 11.3 Å². The van der Waals surface area contributed by atoms with Gasteiger partial charge in [-0.25, -0.2) is 0 Å². The van der Waals surface area contributed by atoms with E-state index < -0.39 is 6.10 Å². The van der Waals surface area contributed by atoms with Crippen LogP contribution in [0.4, 0.5) is 0 Å². The molecule has 3 rings (SSSR count). The minimum atomic E-state index is -0.475. The fourth-order valence-electron chi connectivity index (χ4n) is 4.99. The Bertz CT molecular complexity index is 590. The number of aromatic nitrogens is 1. The SMILES string of the molecule is CC(C)C1N(C)CC12C[C@@H](O)[C@H](NC(=O)COCc1cccnc1)C2. The molecule has 1 aromatic heterocycles. The van der Waals surface area contributed by atoms with Gasteiger partial charge in [-0.2, -0.15) is 0 Å². The van der Waals surface area contributed by atoms with Crippen molar-refractivity contribution in [2.45, 2.75) is 51.5 Å². The maximum absolute atomic E-state index is 12.2. The molecule has 1 aliphatic carbocycles. The number of hydrogen-bond donors (Lipinski definition) is 2. The van der Waals surface area contributed by atoms with Crippen molar-refractivity contribution in [3.63, 3.8) is 0 Å². The van der Waals surface area contributed by atoms with Gasteiger partial charge in [0, 0.05) is 30.4 Å². The summed E-state index contributed by atoms with van der Waals surface area (Å²) in [5.74, 6) is 0.377.